The molecule has 114 valence electrons. The predicted octanol–water partition coefficient (Wildman–Crippen LogP) is -0.142. The lowest BCUT2D eigenvalue weighted by Gasteiger charge is -2.13. The molecule has 1 atom stereocenters. The molecule has 0 unspecified atom stereocenters. The van der Waals surface area contributed by atoms with Gasteiger partial charge in [-0.3, -0.25) is 23.5 Å². The Bertz CT molecular complexity index is 716. The van der Waals surface area contributed by atoms with Crippen molar-refractivity contribution in [3.05, 3.63) is 26.4 Å². The maximum Gasteiger partial charge on any atom is 0.332 e. The van der Waals surface area contributed by atoms with E-state index in [9.17, 15) is 19.2 Å². The lowest BCUT2D eigenvalue weighted by Crippen LogP contribution is -2.40. The summed E-state index contributed by atoms with van der Waals surface area (Å²) in [5.41, 5.74) is -1.06. The number of aliphatic carboxylic acids is 1. The molecule has 1 aromatic heterocycles. The number of carbonyl (C=O) groups is 2. The molecule has 8 heteroatoms. The first-order valence-electron chi connectivity index (χ1n) is 6.74. The first kappa shape index (κ1) is 15.0. The van der Waals surface area contributed by atoms with Gasteiger partial charge < -0.3 is 10.4 Å². The first-order valence-corrected chi connectivity index (χ1v) is 6.74. The van der Waals surface area contributed by atoms with Crippen molar-refractivity contribution in [3.63, 3.8) is 0 Å². The van der Waals surface area contributed by atoms with Crippen LogP contribution in [0.3, 0.4) is 0 Å². The number of carbonyl (C=O) groups excluding carboxylic acids is 1. The lowest BCUT2D eigenvalue weighted by molar-refractivity contribution is -0.138. The van der Waals surface area contributed by atoms with Crippen molar-refractivity contribution in [1.82, 2.24) is 9.13 Å². The molecule has 1 aliphatic rings. The second kappa shape index (κ2) is 5.55. The van der Waals surface area contributed by atoms with E-state index in [0.29, 0.717) is 13.0 Å². The number of aromatic nitrogens is 2. The van der Waals surface area contributed by atoms with Crippen LogP contribution in [0, 0.1) is 0 Å². The molecule has 1 aliphatic heterocycles. The Labute approximate surface area is 120 Å². The third-order valence-corrected chi connectivity index (χ3v) is 3.60. The van der Waals surface area contributed by atoms with Gasteiger partial charge in [-0.05, 0) is 6.42 Å². The Morgan fingerprint density at radius 3 is 2.57 bits per heavy atom. The normalized spacial score (nSPS) is 16.7. The number of rotatable bonds is 5. The molecular formula is C13H17N3O5. The lowest BCUT2D eigenvalue weighted by atomic mass is 10.00. The Morgan fingerprint density at radius 1 is 1.33 bits per heavy atom. The van der Waals surface area contributed by atoms with Gasteiger partial charge in [0.25, 0.3) is 5.56 Å². The molecule has 0 spiro atoms. The van der Waals surface area contributed by atoms with Crippen LogP contribution in [0.15, 0.2) is 9.59 Å². The minimum atomic E-state index is -1.17. The Kier molecular flexibility index (Phi) is 3.97. The zero-order valence-electron chi connectivity index (χ0n) is 11.9. The van der Waals surface area contributed by atoms with Crippen LogP contribution in [-0.4, -0.2) is 26.1 Å². The number of carboxylic acid groups (broad SMARTS) is 1. The molecule has 0 aromatic carbocycles. The molecule has 21 heavy (non-hydrogen) atoms. The summed E-state index contributed by atoms with van der Waals surface area (Å²) in [6, 6.07) is 0. The highest BCUT2D eigenvalue weighted by Crippen LogP contribution is 2.31. The van der Waals surface area contributed by atoms with Crippen LogP contribution in [0.5, 0.6) is 0 Å². The first-order chi connectivity index (χ1) is 9.88. The van der Waals surface area contributed by atoms with Crippen molar-refractivity contribution in [1.29, 1.82) is 0 Å². The van der Waals surface area contributed by atoms with Crippen LogP contribution in [0.2, 0.25) is 0 Å². The molecule has 2 N–H and O–H groups in total. The standard InChI is InChI=1S/C13H17N3O5/c1-3-4-5-16-10-9(12(20)15(2)13(16)21)7(6-8(17)18)11(19)14-10/h7H,3-6H2,1-2H3,(H,14,19)(H,17,18)/t7-/m1/s1. The van der Waals surface area contributed by atoms with Gasteiger partial charge in [0.1, 0.15) is 5.82 Å². The van der Waals surface area contributed by atoms with E-state index < -0.39 is 35.5 Å². The predicted molar refractivity (Wildman–Crippen MR) is 74.5 cm³/mol. The number of carboxylic acids is 1. The van der Waals surface area contributed by atoms with Gasteiger partial charge in [-0.1, -0.05) is 13.3 Å². The zero-order valence-corrected chi connectivity index (χ0v) is 11.9. The average molecular weight is 295 g/mol. The van der Waals surface area contributed by atoms with Crippen molar-refractivity contribution < 1.29 is 14.7 Å². The summed E-state index contributed by atoms with van der Waals surface area (Å²) in [7, 11) is 1.33. The van der Waals surface area contributed by atoms with Crippen LogP contribution < -0.4 is 16.6 Å². The monoisotopic (exact) mass is 295 g/mol. The van der Waals surface area contributed by atoms with Crippen LogP contribution in [0.4, 0.5) is 5.82 Å². The minimum Gasteiger partial charge on any atom is -0.481 e. The fourth-order valence-corrected chi connectivity index (χ4v) is 2.47. The quantitative estimate of drug-likeness (QED) is 0.785. The Hall–Kier alpha value is -2.38. The van der Waals surface area contributed by atoms with Crippen molar-refractivity contribution in [2.75, 3.05) is 5.32 Å². The molecule has 0 aliphatic carbocycles. The topological polar surface area (TPSA) is 110 Å². The van der Waals surface area contributed by atoms with E-state index in [1.54, 1.807) is 0 Å². The van der Waals surface area contributed by atoms with E-state index in [0.717, 1.165) is 11.0 Å². The molecule has 2 rings (SSSR count). The maximum absolute atomic E-state index is 12.2. The number of nitrogens with one attached hydrogen (secondary N) is 1. The number of hydrogen-bond donors (Lipinski definition) is 2. The summed E-state index contributed by atoms with van der Waals surface area (Å²) in [4.78, 5) is 47.2. The minimum absolute atomic E-state index is 0.0700. The van der Waals surface area contributed by atoms with Gasteiger partial charge in [0.15, 0.2) is 0 Å². The largest absolute Gasteiger partial charge is 0.481 e. The number of nitrogens with zero attached hydrogens (tertiary/aromatic N) is 2. The summed E-state index contributed by atoms with van der Waals surface area (Å²) in [6.45, 7) is 2.32. The van der Waals surface area contributed by atoms with Crippen molar-refractivity contribution >= 4 is 17.7 Å². The Balaban J connectivity index is 2.65. The fourth-order valence-electron chi connectivity index (χ4n) is 2.47. The van der Waals surface area contributed by atoms with Gasteiger partial charge in [-0.2, -0.15) is 0 Å². The average Bonchev–Trinajstić information content (AvgIpc) is 2.73. The van der Waals surface area contributed by atoms with Crippen LogP contribution >= 0.6 is 0 Å². The summed E-state index contributed by atoms with van der Waals surface area (Å²) in [6.07, 6.45) is 1.08. The molecule has 0 saturated carbocycles. The third-order valence-electron chi connectivity index (χ3n) is 3.60. The molecule has 8 nitrogen and oxygen atoms in total. The number of hydrogen-bond acceptors (Lipinski definition) is 4. The zero-order chi connectivity index (χ0) is 15.7. The molecule has 0 saturated heterocycles. The number of amides is 1. The van der Waals surface area contributed by atoms with Crippen LogP contribution in [0.1, 0.15) is 37.7 Å². The van der Waals surface area contributed by atoms with Crippen LogP contribution in [-0.2, 0) is 23.2 Å². The summed E-state index contributed by atoms with van der Waals surface area (Å²) < 4.78 is 2.25. The Morgan fingerprint density at radius 2 is 2.00 bits per heavy atom. The molecule has 1 aromatic rings. The van der Waals surface area contributed by atoms with E-state index in [-0.39, 0.29) is 11.4 Å². The second-order valence-electron chi connectivity index (χ2n) is 5.05. The van der Waals surface area contributed by atoms with E-state index in [2.05, 4.69) is 5.32 Å². The SMILES string of the molecule is CCCCn1c2c(c(=O)n(C)c1=O)[C@@H](CC(=O)O)C(=O)N2. The van der Waals surface area contributed by atoms with E-state index in [1.165, 1.54) is 11.6 Å². The second-order valence-corrected chi connectivity index (χ2v) is 5.05. The number of fused-ring (bicyclic) bond motifs is 1. The van der Waals surface area contributed by atoms with E-state index in [1.807, 2.05) is 6.92 Å². The maximum atomic E-state index is 12.2. The molecule has 2 heterocycles. The number of anilines is 1. The fraction of sp³-hybridized carbons (Fsp3) is 0.538. The molecular weight excluding hydrogens is 278 g/mol. The van der Waals surface area contributed by atoms with Gasteiger partial charge in [0.05, 0.1) is 17.9 Å². The van der Waals surface area contributed by atoms with Gasteiger partial charge >= 0.3 is 11.7 Å². The third kappa shape index (κ3) is 2.48. The summed E-state index contributed by atoms with van der Waals surface area (Å²) >= 11 is 0. The summed E-state index contributed by atoms with van der Waals surface area (Å²) in [5.74, 6) is -2.63. The van der Waals surface area contributed by atoms with Gasteiger partial charge in [0, 0.05) is 13.6 Å². The number of unbranched alkanes of at least 4 members (excludes halogenated alkanes) is 1. The molecule has 0 radical (unpaired) electrons. The smallest absolute Gasteiger partial charge is 0.332 e. The highest BCUT2D eigenvalue weighted by atomic mass is 16.4. The molecule has 0 fully saturated rings. The molecule has 1 amide bonds. The van der Waals surface area contributed by atoms with Crippen molar-refractivity contribution in [2.24, 2.45) is 7.05 Å². The van der Waals surface area contributed by atoms with E-state index in [4.69, 9.17) is 5.11 Å². The molecule has 0 bridgehead atoms. The van der Waals surface area contributed by atoms with Gasteiger partial charge in [0.2, 0.25) is 5.91 Å². The van der Waals surface area contributed by atoms with E-state index >= 15 is 0 Å². The van der Waals surface area contributed by atoms with Crippen molar-refractivity contribution in [2.45, 2.75) is 38.6 Å². The summed E-state index contributed by atoms with van der Waals surface area (Å²) in [5, 5.41) is 11.4. The van der Waals surface area contributed by atoms with Gasteiger partial charge in [-0.15, -0.1) is 0 Å². The van der Waals surface area contributed by atoms with Crippen molar-refractivity contribution in [3.8, 4) is 0 Å². The highest BCUT2D eigenvalue weighted by Gasteiger charge is 2.38. The highest BCUT2D eigenvalue weighted by molar-refractivity contribution is 6.03. The van der Waals surface area contributed by atoms with Crippen LogP contribution in [0.25, 0.3) is 0 Å². The van der Waals surface area contributed by atoms with Gasteiger partial charge in [-0.25, -0.2) is 4.79 Å².